The molecule has 0 bridgehead atoms. The summed E-state index contributed by atoms with van der Waals surface area (Å²) in [5.74, 6) is -0.671. The van der Waals surface area contributed by atoms with Gasteiger partial charge in [0.05, 0.1) is 30.9 Å². The monoisotopic (exact) mass is 348 g/mol. The Labute approximate surface area is 138 Å². The number of alkyl halides is 3. The Morgan fingerprint density at radius 2 is 2.17 bits per heavy atom. The first kappa shape index (κ1) is 18.8. The van der Waals surface area contributed by atoms with Crippen LogP contribution in [0, 0.1) is 11.8 Å². The summed E-state index contributed by atoms with van der Waals surface area (Å²) in [6, 6.07) is -0.449. The highest BCUT2D eigenvalue weighted by Gasteiger charge is 2.42. The smallest absolute Gasteiger partial charge is 0.433 e. The third-order valence-electron chi connectivity index (χ3n) is 4.62. The molecule has 136 valence electrons. The summed E-state index contributed by atoms with van der Waals surface area (Å²) >= 11 is 0. The van der Waals surface area contributed by atoms with Gasteiger partial charge in [-0.2, -0.15) is 18.3 Å². The zero-order chi connectivity index (χ0) is 18.1. The molecule has 1 aromatic heterocycles. The number of carbonyl (C=O) groups is 1. The Morgan fingerprint density at radius 3 is 2.67 bits per heavy atom. The molecule has 4 atom stereocenters. The van der Waals surface area contributed by atoms with Crippen LogP contribution in [0.15, 0.2) is 6.20 Å². The van der Waals surface area contributed by atoms with E-state index in [1.807, 2.05) is 6.92 Å². The van der Waals surface area contributed by atoms with Crippen LogP contribution in [0.3, 0.4) is 0 Å². The largest absolute Gasteiger partial charge is 0.466 e. The molecule has 2 rings (SSSR count). The molecule has 24 heavy (non-hydrogen) atoms. The second-order valence-electron chi connectivity index (χ2n) is 6.37. The summed E-state index contributed by atoms with van der Waals surface area (Å²) in [5, 5.41) is 13.5. The summed E-state index contributed by atoms with van der Waals surface area (Å²) < 4.78 is 46.2. The average molecular weight is 348 g/mol. The minimum absolute atomic E-state index is 0.0944. The van der Waals surface area contributed by atoms with E-state index in [2.05, 4.69) is 5.10 Å². The van der Waals surface area contributed by atoms with Crippen molar-refractivity contribution in [2.75, 3.05) is 6.61 Å². The van der Waals surface area contributed by atoms with Crippen molar-refractivity contribution in [2.45, 2.75) is 58.4 Å². The van der Waals surface area contributed by atoms with Crippen LogP contribution in [0.4, 0.5) is 13.2 Å². The van der Waals surface area contributed by atoms with Crippen molar-refractivity contribution in [3.63, 3.8) is 0 Å². The highest BCUT2D eigenvalue weighted by Crippen LogP contribution is 2.42. The van der Waals surface area contributed by atoms with Gasteiger partial charge in [0.2, 0.25) is 0 Å². The maximum atomic E-state index is 13.4. The molecule has 1 aliphatic carbocycles. The van der Waals surface area contributed by atoms with E-state index in [0.29, 0.717) is 25.9 Å². The van der Waals surface area contributed by atoms with Crippen LogP contribution >= 0.6 is 0 Å². The molecule has 0 radical (unpaired) electrons. The molecule has 0 aromatic carbocycles. The molecule has 1 unspecified atom stereocenters. The molecule has 1 aromatic rings. The molecule has 1 saturated carbocycles. The lowest BCUT2D eigenvalue weighted by Gasteiger charge is -2.33. The van der Waals surface area contributed by atoms with E-state index in [4.69, 9.17) is 4.74 Å². The molecule has 0 spiro atoms. The number of rotatable bonds is 4. The van der Waals surface area contributed by atoms with Gasteiger partial charge < -0.3 is 9.84 Å². The first-order valence-corrected chi connectivity index (χ1v) is 8.16. The summed E-state index contributed by atoms with van der Waals surface area (Å²) in [4.78, 5) is 11.9. The minimum Gasteiger partial charge on any atom is -0.466 e. The lowest BCUT2D eigenvalue weighted by molar-refractivity contribution is -0.153. The molecular formula is C16H23F3N2O3. The molecule has 1 N–H and O–H groups in total. The fraction of sp³-hybridized carbons (Fsp3) is 0.750. The lowest BCUT2D eigenvalue weighted by Crippen LogP contribution is -2.33. The van der Waals surface area contributed by atoms with Crippen LogP contribution in [0.25, 0.3) is 0 Å². The molecule has 0 amide bonds. The van der Waals surface area contributed by atoms with Crippen LogP contribution in [-0.2, 0) is 15.7 Å². The molecular weight excluding hydrogens is 325 g/mol. The number of hydrogen-bond donors (Lipinski definition) is 1. The van der Waals surface area contributed by atoms with E-state index < -0.39 is 24.0 Å². The molecule has 5 nitrogen and oxygen atoms in total. The van der Waals surface area contributed by atoms with Gasteiger partial charge in [0.15, 0.2) is 0 Å². The van der Waals surface area contributed by atoms with Crippen LogP contribution in [0.2, 0.25) is 0 Å². The second kappa shape index (κ2) is 7.13. The van der Waals surface area contributed by atoms with Crippen molar-refractivity contribution in [2.24, 2.45) is 11.8 Å². The summed E-state index contributed by atoms with van der Waals surface area (Å²) in [7, 11) is 0. The van der Waals surface area contributed by atoms with E-state index in [1.165, 1.54) is 6.92 Å². The summed E-state index contributed by atoms with van der Waals surface area (Å²) in [6.45, 7) is 5.16. The van der Waals surface area contributed by atoms with Gasteiger partial charge in [0.1, 0.15) is 5.69 Å². The first-order chi connectivity index (χ1) is 11.2. The number of hydrogen-bond acceptors (Lipinski definition) is 4. The van der Waals surface area contributed by atoms with Gasteiger partial charge in [-0.25, -0.2) is 0 Å². The lowest BCUT2D eigenvalue weighted by atomic mass is 9.78. The predicted octanol–water partition coefficient (Wildman–Crippen LogP) is 3.50. The van der Waals surface area contributed by atoms with Gasteiger partial charge in [-0.05, 0) is 39.0 Å². The van der Waals surface area contributed by atoms with E-state index in [-0.39, 0.29) is 23.4 Å². The highest BCUT2D eigenvalue weighted by molar-refractivity contribution is 5.72. The van der Waals surface area contributed by atoms with Gasteiger partial charge in [0.25, 0.3) is 0 Å². The quantitative estimate of drug-likeness (QED) is 0.846. The average Bonchev–Trinajstić information content (AvgIpc) is 2.92. The number of esters is 1. The van der Waals surface area contributed by atoms with Crippen molar-refractivity contribution in [3.8, 4) is 0 Å². The third-order valence-corrected chi connectivity index (χ3v) is 4.62. The Morgan fingerprint density at radius 1 is 1.50 bits per heavy atom. The van der Waals surface area contributed by atoms with Crippen molar-refractivity contribution in [3.05, 3.63) is 17.5 Å². The van der Waals surface area contributed by atoms with E-state index in [1.54, 1.807) is 6.92 Å². The molecule has 1 heterocycles. The van der Waals surface area contributed by atoms with Crippen LogP contribution in [0.5, 0.6) is 0 Å². The number of nitrogens with zero attached hydrogens (tertiary/aromatic N) is 2. The molecule has 1 aliphatic rings. The van der Waals surface area contributed by atoms with E-state index in [0.717, 1.165) is 10.9 Å². The second-order valence-corrected chi connectivity index (χ2v) is 6.37. The van der Waals surface area contributed by atoms with Crippen molar-refractivity contribution in [1.29, 1.82) is 0 Å². The van der Waals surface area contributed by atoms with E-state index >= 15 is 0 Å². The molecule has 0 aliphatic heterocycles. The number of aliphatic hydroxyl groups is 1. The number of ether oxygens (including phenoxy) is 1. The normalized spacial score (nSPS) is 26.2. The summed E-state index contributed by atoms with van der Waals surface area (Å²) in [6.07, 6.45) is -3.47. The van der Waals surface area contributed by atoms with Gasteiger partial charge in [0, 0.05) is 5.56 Å². The maximum absolute atomic E-state index is 13.4. The van der Waals surface area contributed by atoms with Gasteiger partial charge in [-0.3, -0.25) is 9.48 Å². The number of aliphatic hydroxyl groups excluding tert-OH is 1. The zero-order valence-electron chi connectivity index (χ0n) is 14.0. The Kier molecular flexibility index (Phi) is 5.57. The topological polar surface area (TPSA) is 64.4 Å². The van der Waals surface area contributed by atoms with Crippen molar-refractivity contribution < 1.29 is 27.8 Å². The zero-order valence-corrected chi connectivity index (χ0v) is 14.0. The number of aromatic nitrogens is 2. The Bertz CT molecular complexity index is 584. The maximum Gasteiger partial charge on any atom is 0.433 e. The molecule has 1 fully saturated rings. The Hall–Kier alpha value is -1.57. The number of halogens is 3. The van der Waals surface area contributed by atoms with Crippen molar-refractivity contribution in [1.82, 2.24) is 9.78 Å². The van der Waals surface area contributed by atoms with Crippen LogP contribution in [0.1, 0.15) is 63.4 Å². The predicted molar refractivity (Wildman–Crippen MR) is 80.0 cm³/mol. The van der Waals surface area contributed by atoms with E-state index in [9.17, 15) is 23.1 Å². The van der Waals surface area contributed by atoms with Gasteiger partial charge in [-0.1, -0.05) is 6.92 Å². The number of carbonyl (C=O) groups excluding carboxylic acids is 1. The fourth-order valence-electron chi connectivity index (χ4n) is 3.44. The first-order valence-electron chi connectivity index (χ1n) is 8.16. The highest BCUT2D eigenvalue weighted by atomic mass is 19.4. The standard InChI is InChI=1S/C16H23F3N2O3/c1-4-24-15(23)12-6-5-11(7-9(12)2)21-14(16(17,18)19)13(8-20-21)10(3)22/h8-12,22H,4-7H2,1-3H3/t9-,10?,11+,12+/m1/s1. The molecule has 0 saturated heterocycles. The van der Waals surface area contributed by atoms with Crippen LogP contribution in [-0.4, -0.2) is 27.5 Å². The Balaban J connectivity index is 2.24. The third kappa shape index (κ3) is 3.74. The summed E-state index contributed by atoms with van der Waals surface area (Å²) in [5.41, 5.74) is -1.12. The molecule has 8 heteroatoms. The minimum atomic E-state index is -4.59. The van der Waals surface area contributed by atoms with Crippen molar-refractivity contribution >= 4 is 5.97 Å². The van der Waals surface area contributed by atoms with Crippen LogP contribution < -0.4 is 0 Å². The van der Waals surface area contributed by atoms with Gasteiger partial charge >= 0.3 is 12.1 Å². The fourth-order valence-corrected chi connectivity index (χ4v) is 3.44. The van der Waals surface area contributed by atoms with Gasteiger partial charge in [-0.15, -0.1) is 0 Å². The SMILES string of the molecule is CCOC(=O)[C@H]1CC[C@H](n2ncc(C(C)O)c2C(F)(F)F)C[C@H]1C.